The summed E-state index contributed by atoms with van der Waals surface area (Å²) in [5.41, 5.74) is 6.55. The Kier molecular flexibility index (Phi) is 4.16. The molecule has 3 N–H and O–H groups in total. The van der Waals surface area contributed by atoms with Crippen molar-refractivity contribution in [3.05, 3.63) is 17.8 Å². The minimum absolute atomic E-state index is 0.0451. The number of anilines is 1. The van der Waals surface area contributed by atoms with Gasteiger partial charge in [-0.05, 0) is 26.0 Å². The van der Waals surface area contributed by atoms with E-state index in [9.17, 15) is 0 Å². The smallest absolute Gasteiger partial charge is 0.156 e. The highest BCUT2D eigenvalue weighted by molar-refractivity contribution is 5.84. The normalized spacial score (nSPS) is 19.5. The van der Waals surface area contributed by atoms with Gasteiger partial charge in [-0.15, -0.1) is 5.10 Å². The SMILES string of the molecule is Cc1ccc(N2CCN(C(C)C(N)=NO)CC2)nn1. The van der Waals surface area contributed by atoms with Crippen molar-refractivity contribution in [2.45, 2.75) is 19.9 Å². The maximum absolute atomic E-state index is 8.70. The van der Waals surface area contributed by atoms with Crippen LogP contribution in [0, 0.1) is 6.92 Å². The first-order valence-electron chi connectivity index (χ1n) is 6.38. The van der Waals surface area contributed by atoms with E-state index < -0.39 is 0 Å². The predicted octanol–water partition coefficient (Wildman–Crippen LogP) is 0.0419. The summed E-state index contributed by atoms with van der Waals surface area (Å²) in [4.78, 5) is 4.38. The van der Waals surface area contributed by atoms with Crippen molar-refractivity contribution in [3.8, 4) is 0 Å². The summed E-state index contributed by atoms with van der Waals surface area (Å²) in [6.45, 7) is 7.30. The molecule has 1 atom stereocenters. The molecule has 0 radical (unpaired) electrons. The van der Waals surface area contributed by atoms with E-state index in [2.05, 4.69) is 25.2 Å². The zero-order chi connectivity index (χ0) is 13.8. The number of oxime groups is 1. The van der Waals surface area contributed by atoms with Gasteiger partial charge in [0, 0.05) is 26.2 Å². The van der Waals surface area contributed by atoms with Crippen LogP contribution in [0.15, 0.2) is 17.3 Å². The van der Waals surface area contributed by atoms with Gasteiger partial charge in [0.25, 0.3) is 0 Å². The van der Waals surface area contributed by atoms with E-state index in [1.54, 1.807) is 0 Å². The summed E-state index contributed by atoms with van der Waals surface area (Å²) in [6.07, 6.45) is 0. The van der Waals surface area contributed by atoms with Gasteiger partial charge >= 0.3 is 0 Å². The lowest BCUT2D eigenvalue weighted by Crippen LogP contribution is -2.53. The van der Waals surface area contributed by atoms with Crippen LogP contribution in [0.3, 0.4) is 0 Å². The zero-order valence-corrected chi connectivity index (χ0v) is 11.3. The van der Waals surface area contributed by atoms with Crippen LogP contribution in [0.25, 0.3) is 0 Å². The zero-order valence-electron chi connectivity index (χ0n) is 11.3. The third kappa shape index (κ3) is 3.11. The van der Waals surface area contributed by atoms with Gasteiger partial charge in [-0.1, -0.05) is 5.16 Å². The molecule has 1 saturated heterocycles. The number of rotatable bonds is 3. The fraction of sp³-hybridized carbons (Fsp3) is 0.583. The first-order valence-corrected chi connectivity index (χ1v) is 6.38. The average Bonchev–Trinajstić information content (AvgIpc) is 2.46. The maximum atomic E-state index is 8.70. The van der Waals surface area contributed by atoms with E-state index >= 15 is 0 Å². The third-order valence-corrected chi connectivity index (χ3v) is 3.51. The average molecular weight is 264 g/mol. The number of piperazine rings is 1. The van der Waals surface area contributed by atoms with Gasteiger partial charge in [0.15, 0.2) is 11.7 Å². The van der Waals surface area contributed by atoms with Crippen molar-refractivity contribution in [2.24, 2.45) is 10.9 Å². The molecule has 0 saturated carbocycles. The Labute approximate surface area is 112 Å². The Morgan fingerprint density at radius 3 is 2.53 bits per heavy atom. The molecular formula is C12H20N6O. The van der Waals surface area contributed by atoms with E-state index in [1.165, 1.54) is 0 Å². The van der Waals surface area contributed by atoms with Crippen LogP contribution in [0.1, 0.15) is 12.6 Å². The second-order valence-electron chi connectivity index (χ2n) is 4.76. The summed E-state index contributed by atoms with van der Waals surface area (Å²) in [7, 11) is 0. The van der Waals surface area contributed by atoms with Gasteiger partial charge < -0.3 is 15.8 Å². The van der Waals surface area contributed by atoms with Gasteiger partial charge in [-0.3, -0.25) is 4.90 Å². The molecule has 2 heterocycles. The molecule has 0 spiro atoms. The van der Waals surface area contributed by atoms with Crippen LogP contribution in [0.5, 0.6) is 0 Å². The molecule has 1 aliphatic rings. The van der Waals surface area contributed by atoms with Crippen molar-refractivity contribution < 1.29 is 5.21 Å². The number of nitrogens with zero attached hydrogens (tertiary/aromatic N) is 5. The van der Waals surface area contributed by atoms with Gasteiger partial charge in [-0.2, -0.15) is 5.10 Å². The van der Waals surface area contributed by atoms with Crippen LogP contribution in [-0.4, -0.2) is 58.4 Å². The second-order valence-corrected chi connectivity index (χ2v) is 4.76. The van der Waals surface area contributed by atoms with Gasteiger partial charge in [0.05, 0.1) is 11.7 Å². The topological polar surface area (TPSA) is 90.9 Å². The third-order valence-electron chi connectivity index (χ3n) is 3.51. The molecule has 7 nitrogen and oxygen atoms in total. The van der Waals surface area contributed by atoms with Crippen molar-refractivity contribution in [3.63, 3.8) is 0 Å². The number of amidine groups is 1. The maximum Gasteiger partial charge on any atom is 0.156 e. The highest BCUT2D eigenvalue weighted by Crippen LogP contribution is 2.14. The van der Waals surface area contributed by atoms with E-state index in [4.69, 9.17) is 10.9 Å². The van der Waals surface area contributed by atoms with Crippen LogP contribution in [0.2, 0.25) is 0 Å². The van der Waals surface area contributed by atoms with Gasteiger partial charge in [-0.25, -0.2) is 0 Å². The summed E-state index contributed by atoms with van der Waals surface area (Å²) in [5.74, 6) is 1.16. The fourth-order valence-electron chi connectivity index (χ4n) is 2.17. The molecule has 7 heteroatoms. The van der Waals surface area contributed by atoms with Crippen LogP contribution >= 0.6 is 0 Å². The minimum Gasteiger partial charge on any atom is -0.409 e. The molecule has 2 rings (SSSR count). The van der Waals surface area contributed by atoms with E-state index in [0.29, 0.717) is 0 Å². The van der Waals surface area contributed by atoms with Gasteiger partial charge in [0.1, 0.15) is 0 Å². The Morgan fingerprint density at radius 2 is 2.00 bits per heavy atom. The molecule has 1 unspecified atom stereocenters. The van der Waals surface area contributed by atoms with Crippen LogP contribution < -0.4 is 10.6 Å². The quantitative estimate of drug-likeness (QED) is 0.347. The van der Waals surface area contributed by atoms with Crippen molar-refractivity contribution in [2.75, 3.05) is 31.1 Å². The largest absolute Gasteiger partial charge is 0.409 e. The molecular weight excluding hydrogens is 244 g/mol. The highest BCUT2D eigenvalue weighted by Gasteiger charge is 2.24. The highest BCUT2D eigenvalue weighted by atomic mass is 16.4. The Morgan fingerprint density at radius 1 is 1.32 bits per heavy atom. The lowest BCUT2D eigenvalue weighted by Gasteiger charge is -2.37. The molecule has 104 valence electrons. The molecule has 1 aliphatic heterocycles. The predicted molar refractivity (Wildman–Crippen MR) is 73.4 cm³/mol. The first-order chi connectivity index (χ1) is 9.11. The van der Waals surface area contributed by atoms with E-state index in [-0.39, 0.29) is 11.9 Å². The fourth-order valence-corrected chi connectivity index (χ4v) is 2.17. The van der Waals surface area contributed by atoms with Crippen LogP contribution in [0.4, 0.5) is 5.82 Å². The van der Waals surface area contributed by atoms with E-state index in [0.717, 1.165) is 37.7 Å². The molecule has 1 aromatic rings. The molecule has 1 fully saturated rings. The number of aromatic nitrogens is 2. The summed E-state index contributed by atoms with van der Waals surface area (Å²) < 4.78 is 0. The molecule has 0 bridgehead atoms. The lowest BCUT2D eigenvalue weighted by molar-refractivity contribution is 0.229. The van der Waals surface area contributed by atoms with Crippen molar-refractivity contribution >= 4 is 11.7 Å². The Hall–Kier alpha value is -1.89. The van der Waals surface area contributed by atoms with Crippen molar-refractivity contribution in [1.82, 2.24) is 15.1 Å². The monoisotopic (exact) mass is 264 g/mol. The number of aryl methyl sites for hydroxylation is 1. The molecule has 19 heavy (non-hydrogen) atoms. The Bertz CT molecular complexity index is 438. The summed E-state index contributed by atoms with van der Waals surface area (Å²) in [5, 5.41) is 20.0. The standard InChI is InChI=1S/C12H20N6O/c1-9-3-4-11(15-14-9)18-7-5-17(6-8-18)10(2)12(13)16-19/h3-4,10,19H,5-8H2,1-2H3,(H2,13,16). The number of nitrogens with two attached hydrogens (primary N) is 1. The minimum atomic E-state index is -0.0451. The first kappa shape index (κ1) is 13.5. The summed E-state index contributed by atoms with van der Waals surface area (Å²) >= 11 is 0. The summed E-state index contributed by atoms with van der Waals surface area (Å²) in [6, 6.07) is 3.91. The van der Waals surface area contributed by atoms with E-state index in [1.807, 2.05) is 26.0 Å². The van der Waals surface area contributed by atoms with Gasteiger partial charge in [0.2, 0.25) is 0 Å². The molecule has 0 aromatic carbocycles. The Balaban J connectivity index is 1.94. The molecule has 0 amide bonds. The lowest BCUT2D eigenvalue weighted by atomic mass is 10.2. The number of hydrogen-bond acceptors (Lipinski definition) is 6. The molecule has 0 aliphatic carbocycles. The molecule has 1 aromatic heterocycles. The number of hydrogen-bond donors (Lipinski definition) is 2. The second kappa shape index (κ2) is 5.83. The van der Waals surface area contributed by atoms with Crippen LogP contribution in [-0.2, 0) is 0 Å². The van der Waals surface area contributed by atoms with Crippen molar-refractivity contribution in [1.29, 1.82) is 0 Å².